The van der Waals surface area contributed by atoms with Gasteiger partial charge in [-0.2, -0.15) is 0 Å². The van der Waals surface area contributed by atoms with Crippen LogP contribution in [0.5, 0.6) is 0 Å². The zero-order chi connectivity index (χ0) is 29.6. The molecular weight excluding hydrogens is 512 g/mol. The Labute approximate surface area is 233 Å². The van der Waals surface area contributed by atoms with Crippen molar-refractivity contribution in [2.75, 3.05) is 0 Å². The highest BCUT2D eigenvalue weighted by Gasteiger charge is 2.32. The number of Topliss-reactive ketones (excluding diaryl/α,β-unsaturated/α-hetero) is 2. The minimum atomic E-state index is -0.927. The SMILES string of the molecule is CCC(C)(CCCC1=CC(=O)C=C(c2ccccc2C2=CC(=O)C=C(CCCC(C)C(=O)O)C2=O)C1=O)C(=O)O. The molecule has 0 saturated carbocycles. The number of hydrogen-bond donors (Lipinski definition) is 2. The van der Waals surface area contributed by atoms with Crippen molar-refractivity contribution in [1.29, 1.82) is 0 Å². The molecule has 8 nitrogen and oxygen atoms in total. The number of ketones is 4. The molecule has 0 radical (unpaired) electrons. The summed E-state index contributed by atoms with van der Waals surface area (Å²) in [5.41, 5.74) is 0.545. The molecule has 0 aliphatic heterocycles. The Morgan fingerprint density at radius 3 is 1.70 bits per heavy atom. The summed E-state index contributed by atoms with van der Waals surface area (Å²) >= 11 is 0. The predicted octanol–water partition coefficient (Wildman–Crippen LogP) is 5.17. The van der Waals surface area contributed by atoms with Crippen LogP contribution in [0.3, 0.4) is 0 Å². The van der Waals surface area contributed by atoms with E-state index in [2.05, 4.69) is 0 Å². The number of benzene rings is 1. The smallest absolute Gasteiger partial charge is 0.309 e. The van der Waals surface area contributed by atoms with Crippen molar-refractivity contribution in [2.24, 2.45) is 11.3 Å². The van der Waals surface area contributed by atoms with Gasteiger partial charge in [0.15, 0.2) is 23.1 Å². The first-order chi connectivity index (χ1) is 18.9. The summed E-state index contributed by atoms with van der Waals surface area (Å²) in [6.45, 7) is 5.04. The predicted molar refractivity (Wildman–Crippen MR) is 149 cm³/mol. The van der Waals surface area contributed by atoms with Crippen molar-refractivity contribution >= 4 is 46.2 Å². The van der Waals surface area contributed by atoms with Gasteiger partial charge in [-0.15, -0.1) is 0 Å². The summed E-state index contributed by atoms with van der Waals surface area (Å²) < 4.78 is 0. The Balaban J connectivity index is 1.83. The number of carbonyl (C=O) groups is 6. The van der Waals surface area contributed by atoms with Gasteiger partial charge in [-0.1, -0.05) is 38.1 Å². The third kappa shape index (κ3) is 6.86. The molecule has 0 spiro atoms. The number of hydrogen-bond acceptors (Lipinski definition) is 6. The molecule has 0 aromatic heterocycles. The van der Waals surface area contributed by atoms with Gasteiger partial charge >= 0.3 is 11.9 Å². The quantitative estimate of drug-likeness (QED) is 0.323. The molecule has 2 aliphatic carbocycles. The van der Waals surface area contributed by atoms with E-state index in [0.717, 1.165) is 0 Å². The molecule has 2 atom stereocenters. The summed E-state index contributed by atoms with van der Waals surface area (Å²) in [7, 11) is 0. The zero-order valence-corrected chi connectivity index (χ0v) is 23.0. The van der Waals surface area contributed by atoms with Crippen molar-refractivity contribution in [3.05, 3.63) is 70.8 Å². The lowest BCUT2D eigenvalue weighted by Crippen LogP contribution is -2.26. The first-order valence-electron chi connectivity index (χ1n) is 13.5. The van der Waals surface area contributed by atoms with Crippen LogP contribution in [0.1, 0.15) is 76.8 Å². The van der Waals surface area contributed by atoms with Gasteiger partial charge in [0, 0.05) is 22.3 Å². The van der Waals surface area contributed by atoms with Crippen LogP contribution < -0.4 is 0 Å². The van der Waals surface area contributed by atoms with E-state index in [1.54, 1.807) is 45.0 Å². The molecule has 1 aromatic carbocycles. The highest BCUT2D eigenvalue weighted by molar-refractivity contribution is 6.40. The zero-order valence-electron chi connectivity index (χ0n) is 23.0. The standard InChI is InChI=1S/C32H34O8/c1-4-32(3,31(39)40)14-8-11-21-16-23(34)18-27(29(21)36)25-13-6-5-12-24(25)26-17-22(33)15-20(28(26)35)10-7-9-19(2)30(37)38/h5-6,12-13,15-19H,4,7-11,14H2,1-3H3,(H,37,38)(H,39,40). The van der Waals surface area contributed by atoms with E-state index in [-0.39, 0.29) is 58.3 Å². The fourth-order valence-electron chi connectivity index (χ4n) is 4.87. The molecule has 2 N–H and O–H groups in total. The molecule has 40 heavy (non-hydrogen) atoms. The lowest BCUT2D eigenvalue weighted by molar-refractivity contribution is -0.148. The molecule has 0 heterocycles. The normalized spacial score (nSPS) is 17.9. The van der Waals surface area contributed by atoms with Gasteiger partial charge < -0.3 is 10.2 Å². The van der Waals surface area contributed by atoms with Crippen LogP contribution in [0.25, 0.3) is 11.1 Å². The van der Waals surface area contributed by atoms with Crippen molar-refractivity contribution < 1.29 is 39.0 Å². The van der Waals surface area contributed by atoms with Gasteiger partial charge in [-0.25, -0.2) is 0 Å². The minimum absolute atomic E-state index is 0.113. The van der Waals surface area contributed by atoms with Crippen LogP contribution in [0.4, 0.5) is 0 Å². The molecule has 2 unspecified atom stereocenters. The summed E-state index contributed by atoms with van der Waals surface area (Å²) in [5.74, 6) is -3.94. The summed E-state index contributed by atoms with van der Waals surface area (Å²) in [6, 6.07) is 6.60. The molecule has 8 heteroatoms. The fraction of sp³-hybridized carbons (Fsp3) is 0.375. The third-order valence-corrected chi connectivity index (χ3v) is 7.76. The molecule has 0 amide bonds. The van der Waals surface area contributed by atoms with Crippen LogP contribution in [-0.2, 0) is 28.8 Å². The second kappa shape index (κ2) is 12.8. The monoisotopic (exact) mass is 546 g/mol. The maximum absolute atomic E-state index is 13.5. The second-order valence-electron chi connectivity index (χ2n) is 10.7. The first kappa shape index (κ1) is 30.3. The highest BCUT2D eigenvalue weighted by atomic mass is 16.4. The van der Waals surface area contributed by atoms with Crippen molar-refractivity contribution in [3.63, 3.8) is 0 Å². The number of carboxylic acids is 2. The topological polar surface area (TPSA) is 143 Å². The van der Waals surface area contributed by atoms with Crippen LogP contribution in [0, 0.1) is 11.3 Å². The molecule has 3 rings (SSSR count). The van der Waals surface area contributed by atoms with Crippen LogP contribution >= 0.6 is 0 Å². The van der Waals surface area contributed by atoms with E-state index >= 15 is 0 Å². The van der Waals surface area contributed by atoms with Crippen molar-refractivity contribution in [3.8, 4) is 0 Å². The Morgan fingerprint density at radius 1 is 0.800 bits per heavy atom. The molecule has 1 aromatic rings. The van der Waals surface area contributed by atoms with E-state index in [9.17, 15) is 33.9 Å². The number of allylic oxidation sites excluding steroid dienone is 8. The molecule has 2 aliphatic rings. The lowest BCUT2D eigenvalue weighted by atomic mass is 9.79. The summed E-state index contributed by atoms with van der Waals surface area (Å²) in [6.07, 6.45) is 7.39. The highest BCUT2D eigenvalue weighted by Crippen LogP contribution is 2.35. The number of rotatable bonds is 13. The molecule has 0 bridgehead atoms. The maximum Gasteiger partial charge on any atom is 0.309 e. The molecule has 210 valence electrons. The van der Waals surface area contributed by atoms with Crippen LogP contribution in [0.15, 0.2) is 59.7 Å². The largest absolute Gasteiger partial charge is 0.481 e. The second-order valence-corrected chi connectivity index (χ2v) is 10.7. The van der Waals surface area contributed by atoms with Gasteiger partial charge in [0.1, 0.15) is 0 Å². The number of carboxylic acid groups (broad SMARTS) is 2. The first-order valence-corrected chi connectivity index (χ1v) is 13.5. The van der Waals surface area contributed by atoms with E-state index in [4.69, 9.17) is 5.11 Å². The molecule has 0 fully saturated rings. The van der Waals surface area contributed by atoms with Gasteiger partial charge in [-0.3, -0.25) is 28.8 Å². The molecular formula is C32H34O8. The van der Waals surface area contributed by atoms with E-state index in [1.165, 1.54) is 24.3 Å². The van der Waals surface area contributed by atoms with E-state index in [0.29, 0.717) is 43.2 Å². The summed E-state index contributed by atoms with van der Waals surface area (Å²) in [5, 5.41) is 18.6. The Hall–Kier alpha value is -4.20. The Bertz CT molecular complexity index is 1390. The van der Waals surface area contributed by atoms with Crippen LogP contribution in [0.2, 0.25) is 0 Å². The van der Waals surface area contributed by atoms with E-state index < -0.39 is 23.3 Å². The average Bonchev–Trinajstić information content (AvgIpc) is 2.91. The fourth-order valence-corrected chi connectivity index (χ4v) is 4.87. The summed E-state index contributed by atoms with van der Waals surface area (Å²) in [4.78, 5) is 74.8. The number of aliphatic carboxylic acids is 2. The van der Waals surface area contributed by atoms with Gasteiger partial charge in [0.05, 0.1) is 11.3 Å². The van der Waals surface area contributed by atoms with Crippen molar-refractivity contribution in [1.82, 2.24) is 0 Å². The maximum atomic E-state index is 13.5. The third-order valence-electron chi connectivity index (χ3n) is 7.76. The lowest BCUT2D eigenvalue weighted by Gasteiger charge is -2.23. The number of carbonyl (C=O) groups excluding carboxylic acids is 4. The van der Waals surface area contributed by atoms with Gasteiger partial charge in [0.25, 0.3) is 0 Å². The minimum Gasteiger partial charge on any atom is -0.481 e. The Morgan fingerprint density at radius 2 is 1.27 bits per heavy atom. The average molecular weight is 547 g/mol. The Kier molecular flexibility index (Phi) is 9.69. The van der Waals surface area contributed by atoms with Gasteiger partial charge in [0.2, 0.25) is 0 Å². The van der Waals surface area contributed by atoms with Gasteiger partial charge in [-0.05, 0) is 87.3 Å². The molecule has 0 saturated heterocycles. The van der Waals surface area contributed by atoms with Crippen LogP contribution in [-0.4, -0.2) is 45.3 Å². The van der Waals surface area contributed by atoms with Crippen molar-refractivity contribution in [2.45, 2.75) is 65.7 Å². The van der Waals surface area contributed by atoms with E-state index in [1.807, 2.05) is 0 Å².